The van der Waals surface area contributed by atoms with E-state index in [1.807, 2.05) is 18.2 Å². The molecule has 4 nitrogen and oxygen atoms in total. The molecule has 0 N–H and O–H groups in total. The molecule has 1 aromatic rings. The summed E-state index contributed by atoms with van der Waals surface area (Å²) in [6, 6.07) is 10.1. The van der Waals surface area contributed by atoms with Crippen LogP contribution in [0.1, 0.15) is 25.8 Å². The fraction of sp³-hybridized carbons (Fsp3) is 0.467. The predicted molar refractivity (Wildman–Crippen MR) is 75.1 cm³/mol. The summed E-state index contributed by atoms with van der Waals surface area (Å²) >= 11 is 0. The Balaban J connectivity index is 1.99. The minimum atomic E-state index is -0.346. The molecule has 102 valence electrons. The summed E-state index contributed by atoms with van der Waals surface area (Å²) in [7, 11) is 0. The van der Waals surface area contributed by atoms with Crippen LogP contribution in [-0.2, 0) is 11.2 Å². The van der Waals surface area contributed by atoms with Crippen molar-refractivity contribution in [3.8, 4) is 0 Å². The van der Waals surface area contributed by atoms with Crippen molar-refractivity contribution < 1.29 is 9.53 Å². The summed E-state index contributed by atoms with van der Waals surface area (Å²) in [5, 5.41) is 5.72. The van der Waals surface area contributed by atoms with Crippen LogP contribution < -0.4 is 0 Å². The molecule has 0 aliphatic carbocycles. The van der Waals surface area contributed by atoms with E-state index >= 15 is 0 Å². The zero-order valence-corrected chi connectivity index (χ0v) is 11.5. The number of hydrazone groups is 1. The number of nitrogens with zero attached hydrogens (tertiary/aromatic N) is 2. The quantitative estimate of drug-likeness (QED) is 0.763. The Morgan fingerprint density at radius 1 is 1.42 bits per heavy atom. The van der Waals surface area contributed by atoms with Crippen LogP contribution in [0, 0.1) is 5.92 Å². The number of ether oxygens (including phenoxy) is 1. The molecular weight excluding hydrogens is 240 g/mol. The van der Waals surface area contributed by atoms with Crippen molar-refractivity contribution >= 4 is 12.3 Å². The van der Waals surface area contributed by atoms with Crippen molar-refractivity contribution in [2.24, 2.45) is 11.0 Å². The van der Waals surface area contributed by atoms with E-state index in [4.69, 9.17) is 4.74 Å². The molecule has 0 radical (unpaired) electrons. The number of hydrogen-bond acceptors (Lipinski definition) is 3. The SMILES string of the molecule is CC(C)C/C=N/N1C(=O)OC[C@@H]1Cc1ccccc1. The Kier molecular flexibility index (Phi) is 4.55. The second-order valence-corrected chi connectivity index (χ2v) is 5.19. The molecule has 0 bridgehead atoms. The van der Waals surface area contributed by atoms with Crippen molar-refractivity contribution in [2.75, 3.05) is 6.61 Å². The summed E-state index contributed by atoms with van der Waals surface area (Å²) in [5.41, 5.74) is 1.19. The highest BCUT2D eigenvalue weighted by atomic mass is 16.6. The fourth-order valence-electron chi connectivity index (χ4n) is 1.97. The lowest BCUT2D eigenvalue weighted by Crippen LogP contribution is -2.30. The Morgan fingerprint density at radius 3 is 2.84 bits per heavy atom. The maximum absolute atomic E-state index is 11.6. The summed E-state index contributed by atoms with van der Waals surface area (Å²) in [6.45, 7) is 4.65. The summed E-state index contributed by atoms with van der Waals surface area (Å²) in [4.78, 5) is 11.6. The maximum Gasteiger partial charge on any atom is 0.430 e. The number of carbonyl (C=O) groups is 1. The molecule has 2 rings (SSSR count). The van der Waals surface area contributed by atoms with E-state index in [-0.39, 0.29) is 12.1 Å². The number of carbonyl (C=O) groups excluding carboxylic acids is 1. The van der Waals surface area contributed by atoms with Gasteiger partial charge in [-0.15, -0.1) is 0 Å². The van der Waals surface area contributed by atoms with E-state index in [9.17, 15) is 4.79 Å². The molecule has 1 saturated heterocycles. The Morgan fingerprint density at radius 2 is 2.16 bits per heavy atom. The van der Waals surface area contributed by atoms with Crippen molar-refractivity contribution in [1.82, 2.24) is 5.01 Å². The average Bonchev–Trinajstić information content (AvgIpc) is 2.72. The highest BCUT2D eigenvalue weighted by Gasteiger charge is 2.32. The van der Waals surface area contributed by atoms with Crippen molar-refractivity contribution in [1.29, 1.82) is 0 Å². The lowest BCUT2D eigenvalue weighted by Gasteiger charge is -2.16. The third kappa shape index (κ3) is 3.81. The van der Waals surface area contributed by atoms with Crippen molar-refractivity contribution in [3.63, 3.8) is 0 Å². The molecule has 0 aromatic heterocycles. The number of benzene rings is 1. The van der Waals surface area contributed by atoms with Gasteiger partial charge in [0.2, 0.25) is 0 Å². The highest BCUT2D eigenvalue weighted by Crippen LogP contribution is 2.17. The maximum atomic E-state index is 11.6. The molecule has 1 atom stereocenters. The standard InChI is InChI=1S/C15H20N2O2/c1-12(2)8-9-16-17-14(11-19-15(17)18)10-13-6-4-3-5-7-13/h3-7,9,12,14H,8,10-11H2,1-2H3/b16-9+/t14-/m0/s1. The summed E-state index contributed by atoms with van der Waals surface area (Å²) in [6.07, 6.45) is 3.09. The van der Waals surface area contributed by atoms with E-state index in [1.54, 1.807) is 6.21 Å². The molecule has 1 aromatic carbocycles. The Bertz CT molecular complexity index is 443. The van der Waals surface area contributed by atoms with Crippen LogP contribution in [0.4, 0.5) is 4.79 Å². The van der Waals surface area contributed by atoms with Gasteiger partial charge in [0.1, 0.15) is 6.61 Å². The molecule has 0 saturated carbocycles. The zero-order chi connectivity index (χ0) is 13.7. The van der Waals surface area contributed by atoms with Crippen LogP contribution in [0.25, 0.3) is 0 Å². The van der Waals surface area contributed by atoms with E-state index in [0.29, 0.717) is 12.5 Å². The number of rotatable bonds is 5. The van der Waals surface area contributed by atoms with E-state index < -0.39 is 0 Å². The van der Waals surface area contributed by atoms with Crippen molar-refractivity contribution in [2.45, 2.75) is 32.7 Å². The molecule has 1 fully saturated rings. The first-order valence-corrected chi connectivity index (χ1v) is 6.69. The highest BCUT2D eigenvalue weighted by molar-refractivity contribution is 5.71. The lowest BCUT2D eigenvalue weighted by atomic mass is 10.1. The Hall–Kier alpha value is -1.84. The van der Waals surface area contributed by atoms with Gasteiger partial charge in [0.15, 0.2) is 0 Å². The van der Waals surface area contributed by atoms with E-state index in [1.165, 1.54) is 10.6 Å². The van der Waals surface area contributed by atoms with Gasteiger partial charge in [0, 0.05) is 6.21 Å². The van der Waals surface area contributed by atoms with Gasteiger partial charge in [-0.1, -0.05) is 44.2 Å². The number of amides is 1. The van der Waals surface area contributed by atoms with Gasteiger partial charge in [0.25, 0.3) is 0 Å². The normalized spacial score (nSPS) is 19.4. The first kappa shape index (κ1) is 13.6. The molecule has 1 aliphatic heterocycles. The van der Waals surface area contributed by atoms with Crippen molar-refractivity contribution in [3.05, 3.63) is 35.9 Å². The number of cyclic esters (lactones) is 1. The monoisotopic (exact) mass is 260 g/mol. The molecule has 0 spiro atoms. The smallest absolute Gasteiger partial charge is 0.430 e. The molecule has 19 heavy (non-hydrogen) atoms. The summed E-state index contributed by atoms with van der Waals surface area (Å²) < 4.78 is 5.08. The molecular formula is C15H20N2O2. The van der Waals surface area contributed by atoms with Crippen LogP contribution in [-0.4, -0.2) is 30.0 Å². The number of hydrogen-bond donors (Lipinski definition) is 0. The van der Waals surface area contributed by atoms with E-state index in [2.05, 4.69) is 31.1 Å². The second kappa shape index (κ2) is 6.36. The Labute approximate surface area is 114 Å². The first-order chi connectivity index (χ1) is 9.16. The van der Waals surface area contributed by atoms with Crippen LogP contribution in [0.5, 0.6) is 0 Å². The lowest BCUT2D eigenvalue weighted by molar-refractivity contribution is 0.159. The van der Waals surface area contributed by atoms with Gasteiger partial charge < -0.3 is 4.74 Å². The molecule has 1 amide bonds. The zero-order valence-electron chi connectivity index (χ0n) is 11.5. The minimum Gasteiger partial charge on any atom is -0.446 e. The van der Waals surface area contributed by atoms with Gasteiger partial charge >= 0.3 is 6.09 Å². The minimum absolute atomic E-state index is 0.00156. The summed E-state index contributed by atoms with van der Waals surface area (Å²) in [5.74, 6) is 0.537. The van der Waals surface area contributed by atoms with Gasteiger partial charge in [0.05, 0.1) is 6.04 Å². The first-order valence-electron chi connectivity index (χ1n) is 6.69. The van der Waals surface area contributed by atoms with Crippen LogP contribution in [0.2, 0.25) is 0 Å². The van der Waals surface area contributed by atoms with E-state index in [0.717, 1.165) is 12.8 Å². The molecule has 1 heterocycles. The predicted octanol–water partition coefficient (Wildman–Crippen LogP) is 3.08. The van der Waals surface area contributed by atoms with Gasteiger partial charge in [-0.05, 0) is 24.3 Å². The molecule has 4 heteroatoms. The van der Waals surface area contributed by atoms with Crippen LogP contribution in [0.15, 0.2) is 35.4 Å². The third-order valence-corrected chi connectivity index (χ3v) is 3.03. The topological polar surface area (TPSA) is 41.9 Å². The van der Waals surface area contributed by atoms with Gasteiger partial charge in [-0.3, -0.25) is 0 Å². The average molecular weight is 260 g/mol. The largest absolute Gasteiger partial charge is 0.446 e. The fourth-order valence-corrected chi connectivity index (χ4v) is 1.97. The molecule has 0 unspecified atom stereocenters. The third-order valence-electron chi connectivity index (χ3n) is 3.03. The molecule has 1 aliphatic rings. The second-order valence-electron chi connectivity index (χ2n) is 5.19. The van der Waals surface area contributed by atoms with Crippen LogP contribution >= 0.6 is 0 Å². The van der Waals surface area contributed by atoms with Gasteiger partial charge in [-0.2, -0.15) is 10.1 Å². The van der Waals surface area contributed by atoms with Crippen LogP contribution in [0.3, 0.4) is 0 Å². The van der Waals surface area contributed by atoms with Gasteiger partial charge in [-0.25, -0.2) is 4.79 Å².